The third-order valence-electron chi connectivity index (χ3n) is 1.92. The largest absolute Gasteiger partial charge is 0.497 e. The molecule has 0 aromatic heterocycles. The number of hydrogen-bond acceptors (Lipinski definition) is 2. The number of methoxy groups -OCH3 is 1. The molecule has 1 aromatic carbocycles. The fourth-order valence-corrected chi connectivity index (χ4v) is 1.17. The van der Waals surface area contributed by atoms with Gasteiger partial charge >= 0.3 is 5.97 Å². The van der Waals surface area contributed by atoms with E-state index in [-0.39, 0.29) is 0 Å². The number of rotatable bonds is 4. The fraction of sp³-hybridized carbons (Fsp3) is 0.0833. The third-order valence-corrected chi connectivity index (χ3v) is 1.92. The summed E-state index contributed by atoms with van der Waals surface area (Å²) in [6.07, 6.45) is 4.28. The fourth-order valence-electron chi connectivity index (χ4n) is 1.17. The minimum atomic E-state index is -0.971. The molecule has 0 saturated carbocycles. The van der Waals surface area contributed by atoms with Crippen LogP contribution < -0.4 is 4.74 Å². The topological polar surface area (TPSA) is 46.5 Å². The van der Waals surface area contributed by atoms with Crippen LogP contribution >= 0.6 is 0 Å². The average Bonchev–Trinajstić information content (AvgIpc) is 2.25. The molecule has 78 valence electrons. The molecular weight excluding hydrogens is 192 g/mol. The second kappa shape index (κ2) is 5.00. The van der Waals surface area contributed by atoms with Crippen LogP contribution in [0.3, 0.4) is 0 Å². The number of carboxylic acid groups (broad SMARTS) is 1. The number of ether oxygens (including phenoxy) is 1. The first-order chi connectivity index (χ1) is 7.17. The Kier molecular flexibility index (Phi) is 3.68. The van der Waals surface area contributed by atoms with Gasteiger partial charge in [0.25, 0.3) is 0 Å². The maximum Gasteiger partial charge on any atom is 0.328 e. The molecule has 0 spiro atoms. The normalized spacial score (nSPS) is 10.2. The Bertz CT molecular complexity index is 405. The van der Waals surface area contributed by atoms with E-state index < -0.39 is 5.97 Å². The van der Waals surface area contributed by atoms with Crippen molar-refractivity contribution < 1.29 is 14.6 Å². The van der Waals surface area contributed by atoms with Crippen LogP contribution in [0.4, 0.5) is 0 Å². The number of carboxylic acids is 1. The zero-order valence-corrected chi connectivity index (χ0v) is 8.43. The summed E-state index contributed by atoms with van der Waals surface area (Å²) >= 11 is 0. The van der Waals surface area contributed by atoms with Crippen molar-refractivity contribution in [1.29, 1.82) is 0 Å². The van der Waals surface area contributed by atoms with Crippen LogP contribution in [-0.2, 0) is 4.79 Å². The van der Waals surface area contributed by atoms with E-state index in [2.05, 4.69) is 6.58 Å². The average molecular weight is 204 g/mol. The molecule has 1 N–H and O–H groups in total. The number of carbonyl (C=O) groups is 1. The maximum atomic E-state index is 10.4. The van der Waals surface area contributed by atoms with Crippen molar-refractivity contribution in [1.82, 2.24) is 0 Å². The highest BCUT2D eigenvalue weighted by Crippen LogP contribution is 2.19. The van der Waals surface area contributed by atoms with Gasteiger partial charge in [0, 0.05) is 6.08 Å². The van der Waals surface area contributed by atoms with Gasteiger partial charge in [-0.2, -0.15) is 0 Å². The van der Waals surface area contributed by atoms with Crippen LogP contribution in [0.1, 0.15) is 11.1 Å². The second-order valence-electron chi connectivity index (χ2n) is 2.87. The monoisotopic (exact) mass is 204 g/mol. The minimum Gasteiger partial charge on any atom is -0.497 e. The summed E-state index contributed by atoms with van der Waals surface area (Å²) in [7, 11) is 1.58. The van der Waals surface area contributed by atoms with E-state index in [9.17, 15) is 4.79 Å². The predicted molar refractivity (Wildman–Crippen MR) is 59.8 cm³/mol. The van der Waals surface area contributed by atoms with Crippen molar-refractivity contribution in [3.63, 3.8) is 0 Å². The SMILES string of the molecule is C=Cc1cc(OC)ccc1C=CC(=O)O. The zero-order valence-electron chi connectivity index (χ0n) is 8.43. The molecule has 0 bridgehead atoms. The molecule has 0 aliphatic heterocycles. The second-order valence-corrected chi connectivity index (χ2v) is 2.87. The van der Waals surface area contributed by atoms with Gasteiger partial charge in [0.15, 0.2) is 0 Å². The summed E-state index contributed by atoms with van der Waals surface area (Å²) in [5.74, 6) is -0.252. The van der Waals surface area contributed by atoms with Crippen molar-refractivity contribution >= 4 is 18.1 Å². The molecule has 0 atom stereocenters. The van der Waals surface area contributed by atoms with Crippen LogP contribution in [0.5, 0.6) is 5.75 Å². The smallest absolute Gasteiger partial charge is 0.328 e. The van der Waals surface area contributed by atoms with Gasteiger partial charge in [-0.25, -0.2) is 4.79 Å². The Labute approximate surface area is 88.3 Å². The first-order valence-corrected chi connectivity index (χ1v) is 4.39. The molecule has 0 amide bonds. The molecule has 0 radical (unpaired) electrons. The van der Waals surface area contributed by atoms with Gasteiger partial charge in [0.05, 0.1) is 7.11 Å². The number of benzene rings is 1. The molecule has 1 rings (SSSR count). The van der Waals surface area contributed by atoms with E-state index in [0.29, 0.717) is 0 Å². The van der Waals surface area contributed by atoms with Gasteiger partial charge in [0.1, 0.15) is 5.75 Å². The highest BCUT2D eigenvalue weighted by atomic mass is 16.5. The van der Waals surface area contributed by atoms with Gasteiger partial charge in [-0.15, -0.1) is 0 Å². The molecule has 0 fully saturated rings. The number of aliphatic carboxylic acids is 1. The van der Waals surface area contributed by atoms with Crippen LogP contribution in [0, 0.1) is 0 Å². The van der Waals surface area contributed by atoms with Crippen molar-refractivity contribution in [2.45, 2.75) is 0 Å². The van der Waals surface area contributed by atoms with Crippen LogP contribution in [0.2, 0.25) is 0 Å². The lowest BCUT2D eigenvalue weighted by Gasteiger charge is -2.04. The van der Waals surface area contributed by atoms with E-state index >= 15 is 0 Å². The van der Waals surface area contributed by atoms with Gasteiger partial charge in [-0.05, 0) is 29.3 Å². The molecule has 0 heterocycles. The quantitative estimate of drug-likeness (QED) is 0.766. The van der Waals surface area contributed by atoms with Gasteiger partial charge in [-0.3, -0.25) is 0 Å². The molecule has 3 nitrogen and oxygen atoms in total. The third kappa shape index (κ3) is 2.98. The van der Waals surface area contributed by atoms with E-state index in [4.69, 9.17) is 9.84 Å². The Hall–Kier alpha value is -2.03. The van der Waals surface area contributed by atoms with Gasteiger partial charge < -0.3 is 9.84 Å². The van der Waals surface area contributed by atoms with Crippen molar-refractivity contribution in [2.75, 3.05) is 7.11 Å². The molecule has 1 aromatic rings. The van der Waals surface area contributed by atoms with Gasteiger partial charge in [0.2, 0.25) is 0 Å². The summed E-state index contributed by atoms with van der Waals surface area (Å²) in [6.45, 7) is 3.66. The Balaban J connectivity index is 3.07. The minimum absolute atomic E-state index is 0.720. The molecule has 15 heavy (non-hydrogen) atoms. The van der Waals surface area contributed by atoms with Crippen molar-refractivity contribution in [2.24, 2.45) is 0 Å². The predicted octanol–water partition coefficient (Wildman–Crippen LogP) is 2.44. The lowest BCUT2D eigenvalue weighted by Crippen LogP contribution is -1.89. The van der Waals surface area contributed by atoms with Crippen LogP contribution in [0.15, 0.2) is 30.9 Å². The lowest BCUT2D eigenvalue weighted by molar-refractivity contribution is -0.131. The molecule has 0 unspecified atom stereocenters. The van der Waals surface area contributed by atoms with Crippen LogP contribution in [-0.4, -0.2) is 18.2 Å². The summed E-state index contributed by atoms with van der Waals surface area (Å²) < 4.78 is 5.05. The lowest BCUT2D eigenvalue weighted by atomic mass is 10.1. The summed E-state index contributed by atoms with van der Waals surface area (Å²) in [6, 6.07) is 5.36. The van der Waals surface area contributed by atoms with E-state index in [1.165, 1.54) is 6.08 Å². The van der Waals surface area contributed by atoms with E-state index in [1.807, 2.05) is 0 Å². The highest BCUT2D eigenvalue weighted by molar-refractivity contribution is 5.86. The molecule has 0 aliphatic carbocycles. The summed E-state index contributed by atoms with van der Waals surface area (Å²) in [4.78, 5) is 10.4. The Morgan fingerprint density at radius 2 is 2.20 bits per heavy atom. The Morgan fingerprint density at radius 3 is 2.73 bits per heavy atom. The van der Waals surface area contributed by atoms with Gasteiger partial charge in [-0.1, -0.05) is 18.7 Å². The summed E-state index contributed by atoms with van der Waals surface area (Å²) in [5.41, 5.74) is 1.64. The number of hydrogen-bond donors (Lipinski definition) is 1. The Morgan fingerprint density at radius 1 is 1.47 bits per heavy atom. The molecule has 0 saturated heterocycles. The first-order valence-electron chi connectivity index (χ1n) is 4.39. The maximum absolute atomic E-state index is 10.4. The highest BCUT2D eigenvalue weighted by Gasteiger charge is 1.99. The standard InChI is InChI=1S/C12H12O3/c1-3-9-8-11(15-2)6-4-10(9)5-7-12(13)14/h3-8H,1H2,2H3,(H,13,14). The summed E-state index contributed by atoms with van der Waals surface area (Å²) in [5, 5.41) is 8.50. The van der Waals surface area contributed by atoms with E-state index in [0.717, 1.165) is 23.0 Å². The molecular formula is C12H12O3. The molecule has 0 aliphatic rings. The first kappa shape index (κ1) is 11.0. The molecule has 3 heteroatoms. The van der Waals surface area contributed by atoms with Crippen LogP contribution in [0.25, 0.3) is 12.2 Å². The van der Waals surface area contributed by atoms with Crippen molar-refractivity contribution in [3.8, 4) is 5.75 Å². The van der Waals surface area contributed by atoms with Crippen molar-refractivity contribution in [3.05, 3.63) is 42.0 Å². The van der Waals surface area contributed by atoms with E-state index in [1.54, 1.807) is 31.4 Å². The zero-order chi connectivity index (χ0) is 11.3.